The summed E-state index contributed by atoms with van der Waals surface area (Å²) in [5, 5.41) is 39.9. The van der Waals surface area contributed by atoms with Crippen LogP contribution in [0.15, 0.2) is 60.8 Å². The van der Waals surface area contributed by atoms with Crippen LogP contribution in [0.5, 0.6) is 5.75 Å². The molecule has 0 radical (unpaired) electrons. The van der Waals surface area contributed by atoms with Crippen LogP contribution in [-0.2, 0) is 57.9 Å². The number of hydrogen-bond acceptors (Lipinski definition) is 18. The molecule has 0 spiro atoms. The molecule has 2 aromatic heterocycles. The molecule has 1 saturated carbocycles. The molecule has 3 aliphatic rings. The second kappa shape index (κ2) is 27.7. The summed E-state index contributed by atoms with van der Waals surface area (Å²) in [6, 6.07) is 13.3. The van der Waals surface area contributed by atoms with Gasteiger partial charge in [0, 0.05) is 83.5 Å². The van der Waals surface area contributed by atoms with E-state index in [0.717, 1.165) is 54.1 Å². The lowest BCUT2D eigenvalue weighted by atomic mass is 9.89. The molecule has 0 bridgehead atoms. The van der Waals surface area contributed by atoms with Crippen LogP contribution in [-0.4, -0.2) is 164 Å². The third-order valence-corrected chi connectivity index (χ3v) is 12.8. The van der Waals surface area contributed by atoms with Crippen LogP contribution in [0, 0.1) is 6.92 Å². The molecule has 5 amide bonds. The lowest BCUT2D eigenvalue weighted by Gasteiger charge is -2.35. The van der Waals surface area contributed by atoms with Gasteiger partial charge in [0.15, 0.2) is 5.82 Å². The second-order valence-electron chi connectivity index (χ2n) is 18.2. The number of carbonyl (C=O) groups is 5. The maximum Gasteiger partial charge on any atom is 0.410 e. The maximum atomic E-state index is 13.3. The number of imide groups is 1. The molecule has 1 aliphatic carbocycles. The Morgan fingerprint density at radius 2 is 1.59 bits per heavy atom. The van der Waals surface area contributed by atoms with Crippen LogP contribution in [0.3, 0.4) is 0 Å². The van der Waals surface area contributed by atoms with Crippen molar-refractivity contribution in [1.29, 1.82) is 0 Å². The molecule has 74 heavy (non-hydrogen) atoms. The fourth-order valence-electron chi connectivity index (χ4n) is 8.74. The summed E-state index contributed by atoms with van der Waals surface area (Å²) in [4.78, 5) is 92.4. The first-order valence-electron chi connectivity index (χ1n) is 24.8. The van der Waals surface area contributed by atoms with E-state index in [-0.39, 0.29) is 88.0 Å². The Kier molecular flexibility index (Phi) is 21.0. The van der Waals surface area contributed by atoms with Gasteiger partial charge in [-0.25, -0.2) is 9.78 Å². The van der Waals surface area contributed by atoms with Crippen molar-refractivity contribution in [2.75, 3.05) is 75.4 Å². The average molecular weight is 1030 g/mol. The summed E-state index contributed by atoms with van der Waals surface area (Å²) in [6.07, 6.45) is 3.02. The van der Waals surface area contributed by atoms with Crippen molar-refractivity contribution in [3.05, 3.63) is 83.1 Å². The number of amides is 5. The molecule has 1 saturated heterocycles. The fraction of sp³-hybridized carbons (Fsp3) is 0.490. The minimum atomic E-state index is -1.41. The zero-order valence-corrected chi connectivity index (χ0v) is 41.7. The zero-order valence-electron chi connectivity index (χ0n) is 41.7. The molecule has 4 atom stereocenters. The van der Waals surface area contributed by atoms with E-state index in [1.807, 2.05) is 12.3 Å². The molecule has 23 nitrogen and oxygen atoms in total. The van der Waals surface area contributed by atoms with Gasteiger partial charge in [-0.15, -0.1) is 0 Å². The number of fused-ring (bicyclic) bond motifs is 1. The standard InChI is InChI=1S/C50H66N10O11.CO2/c1-3-4-5-17-53-48-45-36(55-49(51)56-48)15-19-59(45)30-35-8-6-33(27-32(35)2)29-57-20-22-58(23-21-57)50(68)70-31-34-7-10-39(71-40-11-9-38(61)46(66)47(40)67)37(28-34)54-42(63)14-18-52-41(62)16-25-69-26-24-60-43(64)12-13-44(60)65;2-1-3/h6-8,10,12-13,15,19,27-28,38,40,46-47,61,66-67H,3-5,9,11,14,16-18,20-26,29-31H2,1-2H3,(H,52,62)(H,54,63)(H3,51,53,55,56);/t38-,40-,46+,47+;/m1./s1. The monoisotopic (exact) mass is 1030 g/mol. The number of nitrogen functional groups attached to an aromatic ring is 1. The molecule has 2 aliphatic heterocycles. The number of aromatic nitrogens is 3. The largest absolute Gasteiger partial charge is 0.485 e. The number of nitrogens with two attached hydrogens (primary N) is 1. The summed E-state index contributed by atoms with van der Waals surface area (Å²) in [6.45, 7) is 8.82. The number of carbonyl (C=O) groups excluding carboxylic acids is 7. The van der Waals surface area contributed by atoms with Gasteiger partial charge in [-0.3, -0.25) is 29.0 Å². The number of rotatable bonds is 23. The first-order valence-corrected chi connectivity index (χ1v) is 24.8. The summed E-state index contributed by atoms with van der Waals surface area (Å²) >= 11 is 0. The van der Waals surface area contributed by atoms with Gasteiger partial charge in [0.05, 0.1) is 37.1 Å². The average Bonchev–Trinajstić information content (AvgIpc) is 3.93. The summed E-state index contributed by atoms with van der Waals surface area (Å²) in [7, 11) is 0. The number of hydrogen-bond donors (Lipinski definition) is 7. The zero-order chi connectivity index (χ0) is 53.1. The number of nitrogens with zero attached hydrogens (tertiary/aromatic N) is 6. The lowest BCUT2D eigenvalue weighted by molar-refractivity contribution is -0.191. The van der Waals surface area contributed by atoms with E-state index in [0.29, 0.717) is 38.3 Å². The second-order valence-corrected chi connectivity index (χ2v) is 18.2. The minimum absolute atomic E-state index is 0.00347. The molecule has 2 aromatic carbocycles. The normalized spacial score (nSPS) is 18.7. The van der Waals surface area contributed by atoms with Crippen molar-refractivity contribution in [1.82, 2.24) is 34.6 Å². The number of aliphatic hydroxyl groups is 3. The van der Waals surface area contributed by atoms with Crippen molar-refractivity contribution in [3.63, 3.8) is 0 Å². The van der Waals surface area contributed by atoms with Crippen LogP contribution in [0.2, 0.25) is 0 Å². The quantitative estimate of drug-likeness (QED) is 0.0414. The molecule has 7 rings (SSSR count). The van der Waals surface area contributed by atoms with Crippen molar-refractivity contribution in [3.8, 4) is 5.75 Å². The number of piperazine rings is 1. The van der Waals surface area contributed by atoms with Crippen molar-refractivity contribution in [2.24, 2.45) is 0 Å². The van der Waals surface area contributed by atoms with Gasteiger partial charge in [-0.05, 0) is 66.6 Å². The van der Waals surface area contributed by atoms with Crippen LogP contribution in [0.25, 0.3) is 11.0 Å². The minimum Gasteiger partial charge on any atom is -0.485 e. The molecular weight excluding hydrogens is 961 g/mol. The fourth-order valence-corrected chi connectivity index (χ4v) is 8.74. The summed E-state index contributed by atoms with van der Waals surface area (Å²) in [5.41, 5.74) is 12.0. The Morgan fingerprint density at radius 3 is 2.32 bits per heavy atom. The number of aliphatic hydroxyl groups excluding tert-OH is 3. The number of aryl methyl sites for hydroxylation is 1. The molecule has 23 heteroatoms. The molecule has 4 aromatic rings. The Hall–Kier alpha value is -7.27. The van der Waals surface area contributed by atoms with E-state index in [4.69, 9.17) is 29.5 Å². The van der Waals surface area contributed by atoms with Crippen molar-refractivity contribution in [2.45, 2.75) is 103 Å². The van der Waals surface area contributed by atoms with Gasteiger partial charge in [-0.1, -0.05) is 44.0 Å². The van der Waals surface area contributed by atoms with Crippen LogP contribution in [0.4, 0.5) is 22.2 Å². The first kappa shape index (κ1) is 56.0. The highest BCUT2D eigenvalue weighted by Crippen LogP contribution is 2.32. The first-order chi connectivity index (χ1) is 35.7. The van der Waals surface area contributed by atoms with Gasteiger partial charge in [-0.2, -0.15) is 14.6 Å². The number of ether oxygens (including phenoxy) is 3. The van der Waals surface area contributed by atoms with E-state index >= 15 is 0 Å². The van der Waals surface area contributed by atoms with E-state index in [1.165, 1.54) is 28.8 Å². The van der Waals surface area contributed by atoms with E-state index in [1.54, 1.807) is 23.1 Å². The molecule has 0 unspecified atom stereocenters. The Balaban J connectivity index is 0.00000290. The van der Waals surface area contributed by atoms with Crippen molar-refractivity contribution >= 4 is 64.4 Å². The number of benzene rings is 2. The SMILES string of the molecule is CCCCCNc1nc(N)nc2ccn(Cc3ccc(CN4CCN(C(=O)OCc5ccc(O[C@@H]6CC[C@@H](O)[C@H](O)[C@H]6O)c(NC(=O)CCNC(=O)CCOCCN6C(=O)C=CC6=O)c5)CC4)cc3C)c12.O=C=O. The topological polar surface area (TPSA) is 310 Å². The Labute approximate surface area is 428 Å². The summed E-state index contributed by atoms with van der Waals surface area (Å²) in [5.74, 6) is -0.487. The van der Waals surface area contributed by atoms with Crippen LogP contribution >= 0.6 is 0 Å². The van der Waals surface area contributed by atoms with Gasteiger partial charge in [0.2, 0.25) is 17.8 Å². The van der Waals surface area contributed by atoms with Gasteiger partial charge >= 0.3 is 12.2 Å². The van der Waals surface area contributed by atoms with Crippen LogP contribution in [0.1, 0.15) is 74.1 Å². The molecule has 398 valence electrons. The highest BCUT2D eigenvalue weighted by atomic mass is 16.6. The lowest BCUT2D eigenvalue weighted by Crippen LogP contribution is -2.51. The Morgan fingerprint density at radius 1 is 0.851 bits per heavy atom. The number of anilines is 3. The number of unbranched alkanes of at least 4 members (excludes halogenated alkanes) is 2. The third-order valence-electron chi connectivity index (χ3n) is 12.8. The summed E-state index contributed by atoms with van der Waals surface area (Å²) < 4.78 is 19.4. The molecular formula is C51H66N10O13. The predicted molar refractivity (Wildman–Crippen MR) is 268 cm³/mol. The van der Waals surface area contributed by atoms with Gasteiger partial charge < -0.3 is 60.7 Å². The molecule has 8 N–H and O–H groups in total. The Bertz CT molecular complexity index is 2630. The van der Waals surface area contributed by atoms with Crippen molar-refractivity contribution < 1.29 is 63.1 Å². The maximum absolute atomic E-state index is 13.3. The highest BCUT2D eigenvalue weighted by Gasteiger charge is 2.38. The van der Waals surface area contributed by atoms with E-state index < -0.39 is 48.2 Å². The van der Waals surface area contributed by atoms with Crippen LogP contribution < -0.4 is 26.4 Å². The van der Waals surface area contributed by atoms with E-state index in [9.17, 15) is 39.3 Å². The van der Waals surface area contributed by atoms with Gasteiger partial charge in [0.25, 0.3) is 11.8 Å². The smallest absolute Gasteiger partial charge is 0.410 e. The number of nitrogens with one attached hydrogen (secondary N) is 3. The molecule has 2 fully saturated rings. The highest BCUT2D eigenvalue weighted by molar-refractivity contribution is 6.12. The molecule has 4 heterocycles. The van der Waals surface area contributed by atoms with Gasteiger partial charge in [0.1, 0.15) is 36.2 Å². The van der Waals surface area contributed by atoms with E-state index in [2.05, 4.69) is 67.4 Å². The predicted octanol–water partition coefficient (Wildman–Crippen LogP) is 2.24. The third kappa shape index (κ3) is 15.9.